The summed E-state index contributed by atoms with van der Waals surface area (Å²) in [7, 11) is -4.22. The molecule has 2 heterocycles. The Hall–Kier alpha value is -2.79. The first-order chi connectivity index (χ1) is 17.5. The molecule has 196 valence electrons. The molecule has 4 rings (SSSR count). The van der Waals surface area contributed by atoms with Crippen molar-refractivity contribution >= 4 is 44.6 Å². The van der Waals surface area contributed by atoms with Gasteiger partial charge in [-0.3, -0.25) is 14.9 Å². The number of nitrogens with zero attached hydrogens (tertiary/aromatic N) is 3. The zero-order valence-electron chi connectivity index (χ0n) is 20.8. The lowest BCUT2D eigenvalue weighted by Gasteiger charge is -2.37. The summed E-state index contributed by atoms with van der Waals surface area (Å²) < 4.78 is 28.3. The molecule has 8 nitrogen and oxygen atoms in total. The third kappa shape index (κ3) is 5.72. The van der Waals surface area contributed by atoms with Crippen LogP contribution in [0.1, 0.15) is 41.5 Å². The van der Waals surface area contributed by atoms with Gasteiger partial charge >= 0.3 is 0 Å². The Labute approximate surface area is 225 Å². The summed E-state index contributed by atoms with van der Waals surface area (Å²) in [6.45, 7) is 5.87. The summed E-state index contributed by atoms with van der Waals surface area (Å²) in [4.78, 5) is 27.1. The first-order valence-corrected chi connectivity index (χ1v) is 14.5. The van der Waals surface area contributed by atoms with Gasteiger partial charge in [0.2, 0.25) is 15.9 Å². The molecule has 11 heteroatoms. The van der Waals surface area contributed by atoms with E-state index < -0.39 is 20.6 Å². The van der Waals surface area contributed by atoms with Crippen molar-refractivity contribution in [2.24, 2.45) is 5.92 Å². The lowest BCUT2D eigenvalue weighted by atomic mass is 9.92. The minimum Gasteiger partial charge on any atom is -0.330 e. The Morgan fingerprint density at radius 2 is 1.92 bits per heavy atom. The van der Waals surface area contributed by atoms with E-state index in [1.807, 2.05) is 56.5 Å². The van der Waals surface area contributed by atoms with Crippen LogP contribution in [0.15, 0.2) is 58.8 Å². The topological polar surface area (TPSA) is 101 Å². The van der Waals surface area contributed by atoms with Crippen molar-refractivity contribution in [2.45, 2.75) is 38.1 Å². The molecule has 0 saturated carbocycles. The summed E-state index contributed by atoms with van der Waals surface area (Å²) in [5.41, 5.74) is 2.62. The number of fused-ring (bicyclic) bond motifs is 1. The van der Waals surface area contributed by atoms with Crippen LogP contribution in [0.5, 0.6) is 0 Å². The number of carbonyl (C=O) groups excluding carboxylic acids is 1. The van der Waals surface area contributed by atoms with E-state index in [9.17, 15) is 23.3 Å². The number of halogens is 1. The van der Waals surface area contributed by atoms with E-state index in [2.05, 4.69) is 0 Å². The number of nitro benzene ring substituents is 1. The maximum atomic E-state index is 13.8. The second kappa shape index (κ2) is 10.9. The van der Waals surface area contributed by atoms with Gasteiger partial charge in [-0.05, 0) is 54.0 Å². The average molecular weight is 562 g/mol. The molecule has 3 aromatic rings. The second-order valence-electron chi connectivity index (χ2n) is 9.51. The largest absolute Gasteiger partial charge is 0.330 e. The van der Waals surface area contributed by atoms with E-state index in [-0.39, 0.29) is 40.9 Å². The highest BCUT2D eigenvalue weighted by Crippen LogP contribution is 2.38. The quantitative estimate of drug-likeness (QED) is 0.269. The molecule has 2 aromatic carbocycles. The SMILES string of the molecule is Cc1ccc(C2c3ccsc3CCN2C(=O)CN(CC(C)C)S(=O)(=O)c2ccc(Cl)c([N+](=O)[O-])c2)cc1. The molecule has 1 aliphatic heterocycles. The maximum Gasteiger partial charge on any atom is 0.289 e. The fraction of sp³-hybridized carbons (Fsp3) is 0.346. The van der Waals surface area contributed by atoms with Gasteiger partial charge in [-0.25, -0.2) is 8.42 Å². The van der Waals surface area contributed by atoms with Crippen molar-refractivity contribution in [3.05, 3.63) is 90.6 Å². The van der Waals surface area contributed by atoms with Gasteiger partial charge in [0, 0.05) is 24.0 Å². The van der Waals surface area contributed by atoms with Gasteiger partial charge in [-0.15, -0.1) is 11.3 Å². The number of nitro groups is 1. The van der Waals surface area contributed by atoms with Gasteiger partial charge in [0.15, 0.2) is 0 Å². The van der Waals surface area contributed by atoms with Crippen LogP contribution < -0.4 is 0 Å². The van der Waals surface area contributed by atoms with Crippen LogP contribution >= 0.6 is 22.9 Å². The number of rotatable bonds is 8. The minimum absolute atomic E-state index is 0.0806. The zero-order chi connectivity index (χ0) is 26.9. The fourth-order valence-corrected chi connectivity index (χ4v) is 7.20. The van der Waals surface area contributed by atoms with Crippen LogP contribution in [0.4, 0.5) is 5.69 Å². The average Bonchev–Trinajstić information content (AvgIpc) is 3.32. The second-order valence-corrected chi connectivity index (χ2v) is 12.9. The number of sulfonamides is 1. The van der Waals surface area contributed by atoms with E-state index in [0.29, 0.717) is 13.0 Å². The molecule has 0 radical (unpaired) electrons. The predicted octanol–water partition coefficient (Wildman–Crippen LogP) is 5.44. The van der Waals surface area contributed by atoms with Crippen LogP contribution in [0, 0.1) is 23.0 Å². The molecule has 1 aliphatic rings. The van der Waals surface area contributed by atoms with Crippen LogP contribution in [-0.4, -0.2) is 48.1 Å². The predicted molar refractivity (Wildman–Crippen MR) is 144 cm³/mol. The standard InChI is InChI=1S/C26H28ClN3O5S2/c1-17(2)15-28(37(34,35)20-8-9-22(27)23(14-20)30(32)33)16-25(31)29-12-10-24-21(11-13-36-24)26(29)19-6-4-18(3)5-7-19/h4-9,11,13-14,17,26H,10,12,15-16H2,1-3H3. The Balaban J connectivity index is 1.68. The lowest BCUT2D eigenvalue weighted by molar-refractivity contribution is -0.384. The van der Waals surface area contributed by atoms with Crippen LogP contribution in [0.25, 0.3) is 0 Å². The van der Waals surface area contributed by atoms with Gasteiger partial charge in [-0.2, -0.15) is 4.31 Å². The Kier molecular flexibility index (Phi) is 8.03. The molecule has 0 N–H and O–H groups in total. The zero-order valence-corrected chi connectivity index (χ0v) is 23.1. The van der Waals surface area contributed by atoms with Gasteiger partial charge in [0.1, 0.15) is 5.02 Å². The van der Waals surface area contributed by atoms with Crippen molar-refractivity contribution in [2.75, 3.05) is 19.6 Å². The van der Waals surface area contributed by atoms with Crippen molar-refractivity contribution in [3.8, 4) is 0 Å². The minimum atomic E-state index is -4.22. The number of aryl methyl sites for hydroxylation is 1. The normalized spacial score (nSPS) is 15.7. The summed E-state index contributed by atoms with van der Waals surface area (Å²) in [6, 6.07) is 13.1. The monoisotopic (exact) mass is 561 g/mol. The lowest BCUT2D eigenvalue weighted by Crippen LogP contribution is -2.47. The van der Waals surface area contributed by atoms with E-state index in [1.54, 1.807) is 16.2 Å². The summed E-state index contributed by atoms with van der Waals surface area (Å²) >= 11 is 7.56. The molecule has 0 spiro atoms. The first kappa shape index (κ1) is 27.3. The van der Waals surface area contributed by atoms with Crippen LogP contribution in [0.2, 0.25) is 5.02 Å². The number of hydrogen-bond donors (Lipinski definition) is 0. The molecule has 1 aromatic heterocycles. The molecule has 1 amide bonds. The fourth-order valence-electron chi connectivity index (χ4n) is 4.53. The molecular weight excluding hydrogens is 534 g/mol. The van der Waals surface area contributed by atoms with Gasteiger partial charge in [-0.1, -0.05) is 55.3 Å². The highest BCUT2D eigenvalue weighted by Gasteiger charge is 2.36. The molecule has 37 heavy (non-hydrogen) atoms. The van der Waals surface area contributed by atoms with Gasteiger partial charge in [0.25, 0.3) is 5.69 Å². The third-order valence-electron chi connectivity index (χ3n) is 6.31. The molecule has 0 aliphatic carbocycles. The van der Waals surface area contributed by atoms with Crippen molar-refractivity contribution in [1.29, 1.82) is 0 Å². The van der Waals surface area contributed by atoms with E-state index in [4.69, 9.17) is 11.6 Å². The first-order valence-electron chi connectivity index (χ1n) is 11.9. The smallest absolute Gasteiger partial charge is 0.289 e. The Bertz CT molecular complexity index is 1420. The number of hydrogen-bond acceptors (Lipinski definition) is 6. The molecule has 1 atom stereocenters. The van der Waals surface area contributed by atoms with Gasteiger partial charge < -0.3 is 4.90 Å². The van der Waals surface area contributed by atoms with Crippen molar-refractivity contribution in [3.63, 3.8) is 0 Å². The highest BCUT2D eigenvalue weighted by atomic mass is 35.5. The van der Waals surface area contributed by atoms with Crippen LogP contribution in [0.3, 0.4) is 0 Å². The molecule has 0 fully saturated rings. The number of carbonyl (C=O) groups is 1. The number of thiophene rings is 1. The molecule has 0 saturated heterocycles. The molecule has 1 unspecified atom stereocenters. The van der Waals surface area contributed by atoms with Crippen molar-refractivity contribution in [1.82, 2.24) is 9.21 Å². The van der Waals surface area contributed by atoms with Crippen LogP contribution in [-0.2, 0) is 21.2 Å². The Morgan fingerprint density at radius 1 is 1.22 bits per heavy atom. The maximum absolute atomic E-state index is 13.8. The third-order valence-corrected chi connectivity index (χ3v) is 9.44. The number of benzene rings is 2. The van der Waals surface area contributed by atoms with Gasteiger partial charge in [0.05, 0.1) is 22.4 Å². The Morgan fingerprint density at radius 3 is 2.57 bits per heavy atom. The van der Waals surface area contributed by atoms with Crippen molar-refractivity contribution < 1.29 is 18.1 Å². The van der Waals surface area contributed by atoms with E-state index in [0.717, 1.165) is 27.1 Å². The highest BCUT2D eigenvalue weighted by molar-refractivity contribution is 7.89. The molecular formula is C26H28ClN3O5S2. The van der Waals surface area contributed by atoms with E-state index in [1.165, 1.54) is 17.0 Å². The number of amides is 1. The van der Waals surface area contributed by atoms with E-state index >= 15 is 0 Å². The molecule has 0 bridgehead atoms. The summed E-state index contributed by atoms with van der Waals surface area (Å²) in [5.74, 6) is -0.405. The summed E-state index contributed by atoms with van der Waals surface area (Å²) in [6.07, 6.45) is 0.696. The summed E-state index contributed by atoms with van der Waals surface area (Å²) in [5, 5.41) is 13.2.